The number of rotatable bonds is 7. The van der Waals surface area contributed by atoms with Gasteiger partial charge in [-0.2, -0.15) is 0 Å². The van der Waals surface area contributed by atoms with E-state index in [4.69, 9.17) is 9.72 Å². The maximum absolute atomic E-state index is 5.31. The predicted octanol–water partition coefficient (Wildman–Crippen LogP) is 4.08. The number of nitrogens with zero attached hydrogens (tertiary/aromatic N) is 1. The second-order valence-electron chi connectivity index (χ2n) is 6.21. The van der Waals surface area contributed by atoms with Gasteiger partial charge >= 0.3 is 0 Å². The molecule has 1 heterocycles. The Morgan fingerprint density at radius 3 is 2.70 bits per heavy atom. The SMILES string of the molecule is COCc1nc(C2CCCCC2)sc1CNCC(C)C. The first kappa shape index (κ1) is 15.9. The molecule has 1 aliphatic carbocycles. The van der Waals surface area contributed by atoms with Crippen molar-refractivity contribution in [2.45, 2.75) is 65.0 Å². The van der Waals surface area contributed by atoms with Gasteiger partial charge in [0.2, 0.25) is 0 Å². The smallest absolute Gasteiger partial charge is 0.0963 e. The molecule has 0 aliphatic heterocycles. The van der Waals surface area contributed by atoms with Crippen LogP contribution in [0.1, 0.15) is 67.4 Å². The highest BCUT2D eigenvalue weighted by Crippen LogP contribution is 2.36. The van der Waals surface area contributed by atoms with Crippen molar-refractivity contribution in [2.24, 2.45) is 5.92 Å². The molecule has 0 aromatic carbocycles. The molecule has 0 spiro atoms. The molecule has 1 aliphatic rings. The van der Waals surface area contributed by atoms with Crippen LogP contribution in [-0.2, 0) is 17.9 Å². The van der Waals surface area contributed by atoms with Gasteiger partial charge in [-0.15, -0.1) is 11.3 Å². The van der Waals surface area contributed by atoms with E-state index in [0.717, 1.165) is 18.8 Å². The largest absolute Gasteiger partial charge is 0.378 e. The second kappa shape index (κ2) is 8.11. The van der Waals surface area contributed by atoms with E-state index in [-0.39, 0.29) is 0 Å². The number of ether oxygens (including phenoxy) is 1. The quantitative estimate of drug-likeness (QED) is 0.823. The summed E-state index contributed by atoms with van der Waals surface area (Å²) in [7, 11) is 1.75. The monoisotopic (exact) mass is 296 g/mol. The average Bonchev–Trinajstić information content (AvgIpc) is 2.83. The minimum absolute atomic E-state index is 0.641. The summed E-state index contributed by atoms with van der Waals surface area (Å²) in [5, 5.41) is 4.88. The predicted molar refractivity (Wildman–Crippen MR) is 85.2 cm³/mol. The summed E-state index contributed by atoms with van der Waals surface area (Å²) in [5.41, 5.74) is 1.15. The van der Waals surface area contributed by atoms with Crippen LogP contribution >= 0.6 is 11.3 Å². The van der Waals surface area contributed by atoms with Gasteiger partial charge in [-0.25, -0.2) is 4.98 Å². The van der Waals surface area contributed by atoms with Crippen molar-refractivity contribution in [3.05, 3.63) is 15.6 Å². The van der Waals surface area contributed by atoms with Crippen LogP contribution in [0.25, 0.3) is 0 Å². The maximum Gasteiger partial charge on any atom is 0.0963 e. The fraction of sp³-hybridized carbons (Fsp3) is 0.812. The van der Waals surface area contributed by atoms with Crippen molar-refractivity contribution in [2.75, 3.05) is 13.7 Å². The molecule has 4 heteroatoms. The van der Waals surface area contributed by atoms with Gasteiger partial charge in [0.15, 0.2) is 0 Å². The molecule has 20 heavy (non-hydrogen) atoms. The normalized spacial score (nSPS) is 17.0. The van der Waals surface area contributed by atoms with Crippen LogP contribution in [0.3, 0.4) is 0 Å². The van der Waals surface area contributed by atoms with Crippen molar-refractivity contribution in [3.8, 4) is 0 Å². The van der Waals surface area contributed by atoms with E-state index in [2.05, 4.69) is 19.2 Å². The number of hydrogen-bond donors (Lipinski definition) is 1. The number of thiazole rings is 1. The summed E-state index contributed by atoms with van der Waals surface area (Å²) < 4.78 is 5.31. The lowest BCUT2D eigenvalue weighted by Crippen LogP contribution is -2.19. The van der Waals surface area contributed by atoms with Crippen LogP contribution in [0.2, 0.25) is 0 Å². The number of nitrogens with one attached hydrogen (secondary N) is 1. The van der Waals surface area contributed by atoms with E-state index in [0.29, 0.717) is 18.4 Å². The van der Waals surface area contributed by atoms with E-state index in [1.807, 2.05) is 11.3 Å². The Morgan fingerprint density at radius 1 is 1.30 bits per heavy atom. The first-order valence-electron chi connectivity index (χ1n) is 7.88. The fourth-order valence-corrected chi connectivity index (χ4v) is 4.00. The van der Waals surface area contributed by atoms with Gasteiger partial charge in [0.1, 0.15) is 0 Å². The molecule has 114 valence electrons. The van der Waals surface area contributed by atoms with Crippen LogP contribution < -0.4 is 5.32 Å². The Balaban J connectivity index is 2.02. The highest BCUT2D eigenvalue weighted by Gasteiger charge is 2.21. The zero-order chi connectivity index (χ0) is 14.4. The zero-order valence-corrected chi connectivity index (χ0v) is 13.9. The number of aromatic nitrogens is 1. The Morgan fingerprint density at radius 2 is 2.05 bits per heavy atom. The van der Waals surface area contributed by atoms with Gasteiger partial charge in [0.05, 0.1) is 17.3 Å². The Kier molecular flexibility index (Phi) is 6.46. The van der Waals surface area contributed by atoms with Crippen LogP contribution in [-0.4, -0.2) is 18.6 Å². The molecule has 0 radical (unpaired) electrons. The van der Waals surface area contributed by atoms with Gasteiger partial charge in [-0.1, -0.05) is 33.1 Å². The molecule has 1 aromatic heterocycles. The minimum Gasteiger partial charge on any atom is -0.378 e. The minimum atomic E-state index is 0.641. The summed E-state index contributed by atoms with van der Waals surface area (Å²) >= 11 is 1.90. The maximum atomic E-state index is 5.31. The molecule has 1 saturated carbocycles. The molecular formula is C16H28N2OS. The molecule has 2 rings (SSSR count). The molecule has 3 nitrogen and oxygen atoms in total. The molecule has 0 atom stereocenters. The summed E-state index contributed by atoms with van der Waals surface area (Å²) in [6.45, 7) is 7.11. The molecule has 0 amide bonds. The van der Waals surface area contributed by atoms with Crippen molar-refractivity contribution in [3.63, 3.8) is 0 Å². The van der Waals surface area contributed by atoms with Crippen molar-refractivity contribution in [1.29, 1.82) is 0 Å². The lowest BCUT2D eigenvalue weighted by Gasteiger charge is -2.18. The molecule has 1 N–H and O–H groups in total. The van der Waals surface area contributed by atoms with E-state index in [1.165, 1.54) is 42.0 Å². The average molecular weight is 296 g/mol. The summed E-state index contributed by atoms with van der Waals surface area (Å²) in [5.74, 6) is 1.38. The lowest BCUT2D eigenvalue weighted by atomic mass is 9.90. The third-order valence-corrected chi connectivity index (χ3v) is 5.13. The van der Waals surface area contributed by atoms with E-state index in [9.17, 15) is 0 Å². The van der Waals surface area contributed by atoms with Crippen LogP contribution in [0, 0.1) is 5.92 Å². The Bertz CT molecular complexity index is 397. The van der Waals surface area contributed by atoms with E-state index >= 15 is 0 Å². The second-order valence-corrected chi connectivity index (χ2v) is 7.33. The van der Waals surface area contributed by atoms with Crippen molar-refractivity contribution in [1.82, 2.24) is 10.3 Å². The van der Waals surface area contributed by atoms with Crippen LogP contribution in [0.4, 0.5) is 0 Å². The molecule has 0 unspecified atom stereocenters. The fourth-order valence-electron chi connectivity index (χ4n) is 2.79. The summed E-state index contributed by atoms with van der Waals surface area (Å²) in [6, 6.07) is 0. The number of methoxy groups -OCH3 is 1. The van der Waals surface area contributed by atoms with E-state index in [1.54, 1.807) is 7.11 Å². The van der Waals surface area contributed by atoms with Crippen molar-refractivity contribution >= 4 is 11.3 Å². The lowest BCUT2D eigenvalue weighted by molar-refractivity contribution is 0.181. The molecule has 1 aromatic rings. The van der Waals surface area contributed by atoms with Crippen LogP contribution in [0.5, 0.6) is 0 Å². The van der Waals surface area contributed by atoms with Gasteiger partial charge in [-0.05, 0) is 25.3 Å². The van der Waals surface area contributed by atoms with Gasteiger partial charge in [0.25, 0.3) is 0 Å². The van der Waals surface area contributed by atoms with Gasteiger partial charge < -0.3 is 10.1 Å². The van der Waals surface area contributed by atoms with E-state index < -0.39 is 0 Å². The highest BCUT2D eigenvalue weighted by atomic mass is 32.1. The first-order valence-corrected chi connectivity index (χ1v) is 8.70. The van der Waals surface area contributed by atoms with Gasteiger partial charge in [0, 0.05) is 24.4 Å². The number of hydrogen-bond acceptors (Lipinski definition) is 4. The van der Waals surface area contributed by atoms with Gasteiger partial charge in [-0.3, -0.25) is 0 Å². The topological polar surface area (TPSA) is 34.1 Å². The standard InChI is InChI=1S/C16H28N2OS/c1-12(2)9-17-10-15-14(11-19-3)18-16(20-15)13-7-5-4-6-8-13/h12-13,17H,4-11H2,1-3H3. The first-order chi connectivity index (χ1) is 9.70. The molecule has 0 saturated heterocycles. The molecule has 1 fully saturated rings. The molecule has 0 bridgehead atoms. The Labute approximate surface area is 127 Å². The third-order valence-electron chi connectivity index (χ3n) is 3.87. The summed E-state index contributed by atoms with van der Waals surface area (Å²) in [6.07, 6.45) is 6.77. The highest BCUT2D eigenvalue weighted by molar-refractivity contribution is 7.11. The van der Waals surface area contributed by atoms with Crippen molar-refractivity contribution < 1.29 is 4.74 Å². The third kappa shape index (κ3) is 4.54. The Hall–Kier alpha value is -0.450. The summed E-state index contributed by atoms with van der Waals surface area (Å²) in [4.78, 5) is 6.24. The molecular weight excluding hydrogens is 268 g/mol. The zero-order valence-electron chi connectivity index (χ0n) is 13.1. The van der Waals surface area contributed by atoms with Crippen LogP contribution in [0.15, 0.2) is 0 Å².